The standard InChI is InChI=1S/C10H16N2O6S2.C4H6O2S/c1-3-19(15,16)7-9(13)11-5-6-12-10(14)8-20(17,18)4-2;1-3-7(5,6)4-2/h3-4H,1-2,5-8H2,(H,11,13)(H,12,14);3-4H,1-2H2. The molecule has 13 heteroatoms. The van der Waals surface area contributed by atoms with E-state index in [0.717, 1.165) is 10.8 Å². The van der Waals surface area contributed by atoms with Crippen LogP contribution in [0.1, 0.15) is 0 Å². The maximum atomic E-state index is 11.2. The fraction of sp³-hybridized carbons (Fsp3) is 0.286. The number of hydrogen-bond acceptors (Lipinski definition) is 8. The lowest BCUT2D eigenvalue weighted by Crippen LogP contribution is -2.38. The minimum absolute atomic E-state index is 0.0224. The highest BCUT2D eigenvalue weighted by molar-refractivity contribution is 7.97. The molecule has 0 unspecified atom stereocenters. The van der Waals surface area contributed by atoms with E-state index in [2.05, 4.69) is 36.9 Å². The summed E-state index contributed by atoms with van der Waals surface area (Å²) in [5.41, 5.74) is 0. The van der Waals surface area contributed by atoms with Gasteiger partial charge in [0.1, 0.15) is 11.5 Å². The average molecular weight is 443 g/mol. The molecule has 0 saturated carbocycles. The summed E-state index contributed by atoms with van der Waals surface area (Å²) in [5, 5.41) is 7.55. The highest BCUT2D eigenvalue weighted by Crippen LogP contribution is 1.90. The van der Waals surface area contributed by atoms with Gasteiger partial charge in [0.15, 0.2) is 29.5 Å². The minimum Gasteiger partial charge on any atom is -0.353 e. The van der Waals surface area contributed by atoms with Crippen LogP contribution >= 0.6 is 0 Å². The Bertz CT molecular complexity index is 817. The van der Waals surface area contributed by atoms with E-state index in [1.54, 1.807) is 0 Å². The molecule has 0 rings (SSSR count). The summed E-state index contributed by atoms with van der Waals surface area (Å²) in [6.45, 7) is 12.2. The first kappa shape index (κ1) is 27.0. The van der Waals surface area contributed by atoms with Crippen LogP contribution in [0.5, 0.6) is 0 Å². The van der Waals surface area contributed by atoms with Gasteiger partial charge in [0, 0.05) is 34.7 Å². The van der Waals surface area contributed by atoms with Gasteiger partial charge in [0.2, 0.25) is 11.8 Å². The van der Waals surface area contributed by atoms with E-state index >= 15 is 0 Å². The largest absolute Gasteiger partial charge is 0.353 e. The lowest BCUT2D eigenvalue weighted by molar-refractivity contribution is -0.120. The van der Waals surface area contributed by atoms with Gasteiger partial charge in [-0.1, -0.05) is 26.3 Å². The van der Waals surface area contributed by atoms with Crippen LogP contribution in [0, 0.1) is 0 Å². The second kappa shape index (κ2) is 12.2. The number of nitrogens with one attached hydrogen (secondary N) is 2. The number of carbonyl (C=O) groups excluding carboxylic acids is 2. The molecular formula is C14H22N2O8S3. The van der Waals surface area contributed by atoms with E-state index in [9.17, 15) is 34.8 Å². The summed E-state index contributed by atoms with van der Waals surface area (Å²) in [6, 6.07) is 0. The summed E-state index contributed by atoms with van der Waals surface area (Å²) in [5.74, 6) is -2.93. The summed E-state index contributed by atoms with van der Waals surface area (Å²) >= 11 is 0. The average Bonchev–Trinajstić information content (AvgIpc) is 2.58. The van der Waals surface area contributed by atoms with Gasteiger partial charge in [-0.25, -0.2) is 25.3 Å². The van der Waals surface area contributed by atoms with Gasteiger partial charge in [0.25, 0.3) is 0 Å². The van der Waals surface area contributed by atoms with Crippen molar-refractivity contribution in [3.05, 3.63) is 47.9 Å². The zero-order valence-corrected chi connectivity index (χ0v) is 16.9. The van der Waals surface area contributed by atoms with Crippen LogP contribution in [0.3, 0.4) is 0 Å². The van der Waals surface area contributed by atoms with Gasteiger partial charge in [-0.15, -0.1) is 0 Å². The van der Waals surface area contributed by atoms with E-state index in [0.29, 0.717) is 10.8 Å². The van der Waals surface area contributed by atoms with E-state index in [1.165, 1.54) is 0 Å². The van der Waals surface area contributed by atoms with Gasteiger partial charge in [-0.2, -0.15) is 0 Å². The summed E-state index contributed by atoms with van der Waals surface area (Å²) in [6.07, 6.45) is 0. The molecule has 2 N–H and O–H groups in total. The second-order valence-corrected chi connectivity index (χ2v) is 10.3. The minimum atomic E-state index is -3.63. The number of amides is 2. The first-order chi connectivity index (χ1) is 12.2. The lowest BCUT2D eigenvalue weighted by atomic mass is 10.5. The van der Waals surface area contributed by atoms with Crippen molar-refractivity contribution in [2.75, 3.05) is 24.6 Å². The fourth-order valence-electron chi connectivity index (χ4n) is 1.06. The van der Waals surface area contributed by atoms with Gasteiger partial charge < -0.3 is 10.6 Å². The number of sulfone groups is 3. The highest BCUT2D eigenvalue weighted by Gasteiger charge is 2.13. The number of hydrogen-bond donors (Lipinski definition) is 2. The van der Waals surface area contributed by atoms with Gasteiger partial charge >= 0.3 is 0 Å². The topological polar surface area (TPSA) is 161 Å². The summed E-state index contributed by atoms with van der Waals surface area (Å²) in [7, 11) is -10.4. The highest BCUT2D eigenvalue weighted by atomic mass is 32.2. The number of rotatable bonds is 11. The molecule has 27 heavy (non-hydrogen) atoms. The van der Waals surface area contributed by atoms with Crippen molar-refractivity contribution in [2.24, 2.45) is 0 Å². The van der Waals surface area contributed by atoms with E-state index in [-0.39, 0.29) is 13.1 Å². The fourth-order valence-corrected chi connectivity index (χ4v) is 2.36. The first-order valence-electron chi connectivity index (χ1n) is 6.98. The first-order valence-corrected chi connectivity index (χ1v) is 12.0. The van der Waals surface area contributed by atoms with Crippen LogP contribution in [0.4, 0.5) is 0 Å². The van der Waals surface area contributed by atoms with E-state index in [1.807, 2.05) is 0 Å². The molecule has 0 saturated heterocycles. The molecule has 0 heterocycles. The molecule has 0 bridgehead atoms. The lowest BCUT2D eigenvalue weighted by Gasteiger charge is -2.06. The molecule has 0 radical (unpaired) electrons. The molecule has 0 spiro atoms. The third-order valence-electron chi connectivity index (χ3n) is 2.41. The zero-order valence-electron chi connectivity index (χ0n) is 14.5. The molecule has 0 aliphatic rings. The molecule has 0 aromatic heterocycles. The molecule has 0 atom stereocenters. The van der Waals surface area contributed by atoms with Crippen molar-refractivity contribution in [2.45, 2.75) is 0 Å². The van der Waals surface area contributed by atoms with Crippen molar-refractivity contribution < 1.29 is 34.8 Å². The Morgan fingerprint density at radius 3 is 1.11 bits per heavy atom. The SMILES string of the molecule is C=CS(=O)(=O)C=C.C=CS(=O)(=O)CC(=O)NCCNC(=O)CS(=O)(=O)C=C. The third kappa shape index (κ3) is 15.7. The molecule has 0 aromatic carbocycles. The normalized spacial score (nSPS) is 11.1. The molecule has 2 amide bonds. The maximum Gasteiger partial charge on any atom is 0.235 e. The molecule has 0 aliphatic heterocycles. The van der Waals surface area contributed by atoms with Crippen LogP contribution in [-0.2, 0) is 39.1 Å². The molecule has 0 aliphatic carbocycles. The van der Waals surface area contributed by atoms with Crippen molar-refractivity contribution in [3.63, 3.8) is 0 Å². The van der Waals surface area contributed by atoms with Crippen molar-refractivity contribution in [1.82, 2.24) is 10.6 Å². The Balaban J connectivity index is 0. The van der Waals surface area contributed by atoms with Crippen LogP contribution in [0.15, 0.2) is 47.9 Å². The summed E-state index contributed by atoms with van der Waals surface area (Å²) in [4.78, 5) is 22.4. The summed E-state index contributed by atoms with van der Waals surface area (Å²) < 4.78 is 64.3. The van der Waals surface area contributed by atoms with Crippen molar-refractivity contribution in [1.29, 1.82) is 0 Å². The Kier molecular flexibility index (Phi) is 12.2. The molecule has 0 fully saturated rings. The van der Waals surface area contributed by atoms with Gasteiger partial charge in [-0.05, 0) is 0 Å². The Hall–Kier alpha value is -2.25. The Morgan fingerprint density at radius 1 is 0.630 bits per heavy atom. The van der Waals surface area contributed by atoms with Gasteiger partial charge in [0.05, 0.1) is 0 Å². The predicted octanol–water partition coefficient (Wildman–Crippen LogP) is -0.976. The molecule has 10 nitrogen and oxygen atoms in total. The zero-order chi connectivity index (χ0) is 21.7. The van der Waals surface area contributed by atoms with Crippen LogP contribution in [-0.4, -0.2) is 61.7 Å². The number of carbonyl (C=O) groups is 2. The van der Waals surface area contributed by atoms with Crippen LogP contribution in [0.25, 0.3) is 0 Å². The Labute approximate surface area is 159 Å². The Morgan fingerprint density at radius 2 is 0.926 bits per heavy atom. The van der Waals surface area contributed by atoms with Gasteiger partial charge in [-0.3, -0.25) is 9.59 Å². The van der Waals surface area contributed by atoms with Crippen molar-refractivity contribution in [3.8, 4) is 0 Å². The van der Waals surface area contributed by atoms with Crippen molar-refractivity contribution >= 4 is 41.3 Å². The maximum absolute atomic E-state index is 11.2. The van der Waals surface area contributed by atoms with Crippen LogP contribution in [0.2, 0.25) is 0 Å². The monoisotopic (exact) mass is 442 g/mol. The third-order valence-corrected chi connectivity index (χ3v) is 5.68. The molecule has 0 aromatic rings. The second-order valence-electron chi connectivity index (χ2n) is 4.57. The quantitative estimate of drug-likeness (QED) is 0.386. The predicted molar refractivity (Wildman–Crippen MR) is 103 cm³/mol. The van der Waals surface area contributed by atoms with Crippen LogP contribution < -0.4 is 10.6 Å². The smallest absolute Gasteiger partial charge is 0.235 e. The molecule has 154 valence electrons. The molecular weight excluding hydrogens is 420 g/mol. The van der Waals surface area contributed by atoms with E-state index < -0.39 is 52.8 Å². The van der Waals surface area contributed by atoms with E-state index in [4.69, 9.17) is 0 Å².